The molecule has 0 spiro atoms. The standard InChI is InChI=1S/C22H28ClN3O5S2/c1-22(2,3)31-21(28)26(17-10-12-24-13-11-17)33(29,30)19-9-8-18(32-19)14-25-20(27)15-4-6-16(23)7-5-15/h4-9,17,24H,10-14H2,1-3H3,(H,25,27). The van der Waals surface area contributed by atoms with Crippen LogP contribution >= 0.6 is 22.9 Å². The van der Waals surface area contributed by atoms with Gasteiger partial charge in [-0.15, -0.1) is 11.3 Å². The number of benzene rings is 1. The zero-order valence-electron chi connectivity index (χ0n) is 18.8. The third-order valence-electron chi connectivity index (χ3n) is 4.89. The molecule has 1 aliphatic heterocycles. The number of nitrogens with one attached hydrogen (secondary N) is 2. The lowest BCUT2D eigenvalue weighted by Gasteiger charge is -2.34. The molecule has 2 heterocycles. The molecule has 1 fully saturated rings. The lowest BCUT2D eigenvalue weighted by molar-refractivity contribution is 0.0319. The average Bonchev–Trinajstić information content (AvgIpc) is 3.22. The highest BCUT2D eigenvalue weighted by molar-refractivity contribution is 7.91. The van der Waals surface area contributed by atoms with Crippen LogP contribution in [0.3, 0.4) is 0 Å². The summed E-state index contributed by atoms with van der Waals surface area (Å²) in [5.74, 6) is -0.297. The van der Waals surface area contributed by atoms with Gasteiger partial charge in [-0.2, -0.15) is 12.7 Å². The van der Waals surface area contributed by atoms with Gasteiger partial charge in [-0.3, -0.25) is 4.79 Å². The molecule has 180 valence electrons. The second-order valence-electron chi connectivity index (χ2n) is 8.67. The van der Waals surface area contributed by atoms with E-state index in [4.69, 9.17) is 16.3 Å². The Morgan fingerprint density at radius 2 is 1.79 bits per heavy atom. The lowest BCUT2D eigenvalue weighted by atomic mass is 10.1. The number of sulfonamides is 1. The largest absolute Gasteiger partial charge is 0.443 e. The van der Waals surface area contributed by atoms with Crippen LogP contribution in [0.4, 0.5) is 4.79 Å². The summed E-state index contributed by atoms with van der Waals surface area (Å²) in [6, 6.07) is 9.08. The normalized spacial score (nSPS) is 15.2. The highest BCUT2D eigenvalue weighted by atomic mass is 35.5. The van der Waals surface area contributed by atoms with E-state index in [9.17, 15) is 18.0 Å². The van der Waals surface area contributed by atoms with Crippen molar-refractivity contribution in [3.05, 3.63) is 51.9 Å². The summed E-state index contributed by atoms with van der Waals surface area (Å²) in [6.45, 7) is 6.49. The summed E-state index contributed by atoms with van der Waals surface area (Å²) in [5.41, 5.74) is -0.379. The van der Waals surface area contributed by atoms with Gasteiger partial charge < -0.3 is 15.4 Å². The Balaban J connectivity index is 1.77. The highest BCUT2D eigenvalue weighted by Crippen LogP contribution is 2.30. The Bertz CT molecular complexity index is 1090. The summed E-state index contributed by atoms with van der Waals surface area (Å²) in [4.78, 5) is 25.9. The Labute approximate surface area is 203 Å². The summed E-state index contributed by atoms with van der Waals surface area (Å²) in [5, 5.41) is 6.47. The van der Waals surface area contributed by atoms with E-state index in [1.807, 2.05) is 0 Å². The predicted molar refractivity (Wildman–Crippen MR) is 128 cm³/mol. The van der Waals surface area contributed by atoms with E-state index in [0.29, 0.717) is 41.4 Å². The van der Waals surface area contributed by atoms with Crippen LogP contribution < -0.4 is 10.6 Å². The zero-order chi connectivity index (χ0) is 24.2. The molecule has 1 aromatic heterocycles. The molecule has 1 saturated heterocycles. The average molecular weight is 514 g/mol. The van der Waals surface area contributed by atoms with Crippen LogP contribution in [-0.2, 0) is 21.3 Å². The Hall–Kier alpha value is -2.14. The minimum Gasteiger partial charge on any atom is -0.443 e. The molecule has 2 N–H and O–H groups in total. The number of hydrogen-bond acceptors (Lipinski definition) is 7. The minimum absolute atomic E-state index is 0.0302. The maximum Gasteiger partial charge on any atom is 0.424 e. The van der Waals surface area contributed by atoms with Crippen molar-refractivity contribution in [1.29, 1.82) is 0 Å². The molecule has 2 aromatic rings. The number of carbonyl (C=O) groups is 2. The van der Waals surface area contributed by atoms with Crippen molar-refractivity contribution in [2.45, 2.75) is 56.0 Å². The van der Waals surface area contributed by atoms with Crippen LogP contribution in [0.15, 0.2) is 40.6 Å². The number of thiophene rings is 1. The van der Waals surface area contributed by atoms with Gasteiger partial charge in [0, 0.05) is 15.5 Å². The number of hydrogen-bond donors (Lipinski definition) is 2. The third kappa shape index (κ3) is 6.69. The first-order valence-electron chi connectivity index (χ1n) is 10.6. The minimum atomic E-state index is -4.12. The summed E-state index contributed by atoms with van der Waals surface area (Å²) >= 11 is 6.86. The first-order valence-corrected chi connectivity index (χ1v) is 13.2. The van der Waals surface area contributed by atoms with Gasteiger partial charge in [0.05, 0.1) is 12.6 Å². The molecule has 11 heteroatoms. The van der Waals surface area contributed by atoms with E-state index < -0.39 is 27.8 Å². The smallest absolute Gasteiger partial charge is 0.424 e. The molecule has 3 rings (SSSR count). The van der Waals surface area contributed by atoms with Crippen molar-refractivity contribution in [2.24, 2.45) is 0 Å². The van der Waals surface area contributed by atoms with Gasteiger partial charge in [0.2, 0.25) is 0 Å². The summed E-state index contributed by atoms with van der Waals surface area (Å²) < 4.78 is 33.3. The van der Waals surface area contributed by atoms with Crippen LogP contribution in [0.2, 0.25) is 5.02 Å². The number of piperidine rings is 1. The molecule has 33 heavy (non-hydrogen) atoms. The second-order valence-corrected chi connectivity index (χ2v) is 12.3. The molecule has 8 nitrogen and oxygen atoms in total. The fraction of sp³-hybridized carbons (Fsp3) is 0.455. The quantitative estimate of drug-likeness (QED) is 0.604. The first kappa shape index (κ1) is 25.5. The van der Waals surface area contributed by atoms with E-state index in [-0.39, 0.29) is 16.7 Å². The van der Waals surface area contributed by atoms with Crippen LogP contribution in [0.5, 0.6) is 0 Å². The fourth-order valence-corrected chi connectivity index (χ4v) is 6.41. The molecular formula is C22H28ClN3O5S2. The molecule has 1 aromatic carbocycles. The fourth-order valence-electron chi connectivity index (χ4n) is 3.35. The molecule has 0 aliphatic carbocycles. The molecule has 1 aliphatic rings. The topological polar surface area (TPSA) is 105 Å². The molecule has 0 atom stereocenters. The van der Waals surface area contributed by atoms with Crippen molar-refractivity contribution in [3.63, 3.8) is 0 Å². The Morgan fingerprint density at radius 3 is 2.39 bits per heavy atom. The van der Waals surface area contributed by atoms with Crippen molar-refractivity contribution in [1.82, 2.24) is 14.9 Å². The van der Waals surface area contributed by atoms with Gasteiger partial charge in [0.1, 0.15) is 9.81 Å². The van der Waals surface area contributed by atoms with Crippen molar-refractivity contribution < 1.29 is 22.7 Å². The zero-order valence-corrected chi connectivity index (χ0v) is 21.1. The van der Waals surface area contributed by atoms with Crippen LogP contribution in [0.1, 0.15) is 48.8 Å². The van der Waals surface area contributed by atoms with Crippen LogP contribution in [0, 0.1) is 0 Å². The monoisotopic (exact) mass is 513 g/mol. The van der Waals surface area contributed by atoms with E-state index in [2.05, 4.69) is 10.6 Å². The Kier molecular flexibility index (Phi) is 8.04. The number of rotatable bonds is 6. The van der Waals surface area contributed by atoms with Gasteiger partial charge in [0.15, 0.2) is 0 Å². The maximum absolute atomic E-state index is 13.5. The molecular weight excluding hydrogens is 486 g/mol. The number of nitrogens with zero attached hydrogens (tertiary/aromatic N) is 1. The highest BCUT2D eigenvalue weighted by Gasteiger charge is 2.39. The van der Waals surface area contributed by atoms with E-state index >= 15 is 0 Å². The van der Waals surface area contributed by atoms with Gasteiger partial charge in [0.25, 0.3) is 15.9 Å². The van der Waals surface area contributed by atoms with Crippen molar-refractivity contribution in [2.75, 3.05) is 13.1 Å². The summed E-state index contributed by atoms with van der Waals surface area (Å²) in [7, 11) is -4.12. The van der Waals surface area contributed by atoms with E-state index in [1.54, 1.807) is 51.1 Å². The van der Waals surface area contributed by atoms with E-state index in [1.165, 1.54) is 6.07 Å². The van der Waals surface area contributed by atoms with Gasteiger partial charge >= 0.3 is 6.09 Å². The Morgan fingerprint density at radius 1 is 1.15 bits per heavy atom. The van der Waals surface area contributed by atoms with E-state index in [0.717, 1.165) is 15.6 Å². The third-order valence-corrected chi connectivity index (χ3v) is 8.52. The number of ether oxygens (including phenoxy) is 1. The number of halogens is 1. The van der Waals surface area contributed by atoms with Crippen molar-refractivity contribution >= 4 is 45.0 Å². The van der Waals surface area contributed by atoms with Gasteiger partial charge in [-0.25, -0.2) is 4.79 Å². The molecule has 0 unspecified atom stereocenters. The number of carbonyl (C=O) groups excluding carboxylic acids is 2. The molecule has 2 amide bonds. The van der Waals surface area contributed by atoms with Gasteiger partial charge in [-0.05, 0) is 83.1 Å². The summed E-state index contributed by atoms with van der Waals surface area (Å²) in [6.07, 6.45) is 0.141. The van der Waals surface area contributed by atoms with Crippen LogP contribution in [-0.4, -0.2) is 49.5 Å². The van der Waals surface area contributed by atoms with Crippen LogP contribution in [0.25, 0.3) is 0 Å². The second kappa shape index (κ2) is 10.4. The SMILES string of the molecule is CC(C)(C)OC(=O)N(C1CCNCC1)S(=O)(=O)c1ccc(CNC(=O)c2ccc(Cl)cc2)s1. The molecule has 0 saturated carbocycles. The lowest BCUT2D eigenvalue weighted by Crippen LogP contribution is -2.50. The van der Waals surface area contributed by atoms with Gasteiger partial charge in [-0.1, -0.05) is 11.6 Å². The first-order chi connectivity index (χ1) is 15.5. The molecule has 0 radical (unpaired) electrons. The predicted octanol–water partition coefficient (Wildman–Crippen LogP) is 4.01. The van der Waals surface area contributed by atoms with Crippen molar-refractivity contribution in [3.8, 4) is 0 Å². The number of amides is 2. The molecule has 0 bridgehead atoms. The maximum atomic E-state index is 13.5.